The highest BCUT2D eigenvalue weighted by Gasteiger charge is 2.15. The molecule has 0 saturated carbocycles. The molecule has 4 heteroatoms. The number of rotatable bonds is 4. The first kappa shape index (κ1) is 13.2. The van der Waals surface area contributed by atoms with Gasteiger partial charge in [-0.25, -0.2) is 4.79 Å². The number of furan rings is 1. The molecule has 1 aromatic carbocycles. The van der Waals surface area contributed by atoms with Crippen molar-refractivity contribution in [1.82, 2.24) is 0 Å². The summed E-state index contributed by atoms with van der Waals surface area (Å²) < 4.78 is 4.98. The van der Waals surface area contributed by atoms with Crippen LogP contribution in [0.1, 0.15) is 27.2 Å². The maximum atomic E-state index is 11.0. The molecule has 4 nitrogen and oxygen atoms in total. The zero-order valence-corrected chi connectivity index (χ0v) is 11.3. The minimum Gasteiger partial charge on any atom is -0.475 e. The van der Waals surface area contributed by atoms with Gasteiger partial charge < -0.3 is 14.4 Å². The molecule has 0 unspecified atom stereocenters. The molecule has 1 heterocycles. The highest BCUT2D eigenvalue weighted by Crippen LogP contribution is 2.21. The Kier molecular flexibility index (Phi) is 3.60. The van der Waals surface area contributed by atoms with Crippen molar-refractivity contribution in [2.45, 2.75) is 20.4 Å². The maximum Gasteiger partial charge on any atom is 0.372 e. The van der Waals surface area contributed by atoms with Crippen LogP contribution in [0.15, 0.2) is 34.9 Å². The molecule has 0 saturated heterocycles. The van der Waals surface area contributed by atoms with Gasteiger partial charge in [0.05, 0.1) is 6.26 Å². The number of aromatic carboxylic acids is 1. The predicted octanol–water partition coefficient (Wildman–Crippen LogP) is 3.23. The van der Waals surface area contributed by atoms with Gasteiger partial charge >= 0.3 is 5.97 Å². The van der Waals surface area contributed by atoms with Crippen LogP contribution in [0.25, 0.3) is 0 Å². The van der Waals surface area contributed by atoms with Crippen LogP contribution >= 0.6 is 0 Å². The Labute approximate surface area is 112 Å². The molecular formula is C15H17NO3. The Balaban J connectivity index is 2.23. The summed E-state index contributed by atoms with van der Waals surface area (Å²) in [5.41, 5.74) is 4.12. The molecule has 0 bridgehead atoms. The molecule has 0 amide bonds. The Hall–Kier alpha value is -2.23. The van der Waals surface area contributed by atoms with Crippen molar-refractivity contribution < 1.29 is 14.3 Å². The predicted molar refractivity (Wildman–Crippen MR) is 73.7 cm³/mol. The fourth-order valence-corrected chi connectivity index (χ4v) is 2.17. The summed E-state index contributed by atoms with van der Waals surface area (Å²) in [5.74, 6) is -1.02. The van der Waals surface area contributed by atoms with Gasteiger partial charge in [-0.2, -0.15) is 0 Å². The van der Waals surface area contributed by atoms with Crippen LogP contribution in [0.2, 0.25) is 0 Å². The quantitative estimate of drug-likeness (QED) is 0.915. The van der Waals surface area contributed by atoms with Crippen molar-refractivity contribution in [3.05, 3.63) is 53.0 Å². The fraction of sp³-hybridized carbons (Fsp3) is 0.267. The van der Waals surface area contributed by atoms with E-state index in [0.717, 1.165) is 5.69 Å². The first-order valence-electron chi connectivity index (χ1n) is 6.06. The lowest BCUT2D eigenvalue weighted by Gasteiger charge is -2.20. The van der Waals surface area contributed by atoms with Crippen LogP contribution in [-0.2, 0) is 6.54 Å². The summed E-state index contributed by atoms with van der Waals surface area (Å²) >= 11 is 0. The van der Waals surface area contributed by atoms with Crippen LogP contribution in [0.4, 0.5) is 5.69 Å². The standard InChI is InChI=1S/C15H17NO3/c1-10-6-11(2)8-13(7-10)16(3)9-12-4-5-19-14(12)15(17)18/h4-8H,9H2,1-3H3,(H,17,18). The van der Waals surface area contributed by atoms with Crippen molar-refractivity contribution in [1.29, 1.82) is 0 Å². The number of benzene rings is 1. The van der Waals surface area contributed by atoms with E-state index in [2.05, 4.69) is 18.2 Å². The zero-order chi connectivity index (χ0) is 14.0. The summed E-state index contributed by atoms with van der Waals surface area (Å²) in [6, 6.07) is 7.96. The molecule has 0 aliphatic rings. The molecule has 19 heavy (non-hydrogen) atoms. The monoisotopic (exact) mass is 259 g/mol. The van der Waals surface area contributed by atoms with Crippen molar-refractivity contribution in [3.63, 3.8) is 0 Å². The summed E-state index contributed by atoms with van der Waals surface area (Å²) in [4.78, 5) is 13.0. The van der Waals surface area contributed by atoms with Crippen LogP contribution in [-0.4, -0.2) is 18.1 Å². The number of hydrogen-bond acceptors (Lipinski definition) is 3. The van der Waals surface area contributed by atoms with Crippen LogP contribution in [0.3, 0.4) is 0 Å². The smallest absolute Gasteiger partial charge is 0.372 e. The molecule has 2 aromatic rings. The SMILES string of the molecule is Cc1cc(C)cc(N(C)Cc2ccoc2C(=O)O)c1. The average Bonchev–Trinajstić information content (AvgIpc) is 2.75. The molecule has 0 aliphatic heterocycles. The van der Waals surface area contributed by atoms with Gasteiger partial charge in [-0.3, -0.25) is 0 Å². The second-order valence-corrected chi connectivity index (χ2v) is 4.78. The van der Waals surface area contributed by atoms with Gasteiger partial charge in [0.15, 0.2) is 0 Å². The van der Waals surface area contributed by atoms with Gasteiger partial charge in [0.1, 0.15) is 0 Å². The second-order valence-electron chi connectivity index (χ2n) is 4.78. The number of carboxylic acids is 1. The topological polar surface area (TPSA) is 53.7 Å². The summed E-state index contributed by atoms with van der Waals surface area (Å²) in [7, 11) is 1.94. The van der Waals surface area contributed by atoms with Gasteiger partial charge in [0.25, 0.3) is 0 Å². The lowest BCUT2D eigenvalue weighted by atomic mass is 10.1. The minimum atomic E-state index is -1.03. The highest BCUT2D eigenvalue weighted by molar-refractivity contribution is 5.86. The van der Waals surface area contributed by atoms with E-state index < -0.39 is 5.97 Å². The number of carboxylic acid groups (broad SMARTS) is 1. The van der Waals surface area contributed by atoms with Crippen molar-refractivity contribution in [2.24, 2.45) is 0 Å². The summed E-state index contributed by atoms with van der Waals surface area (Å²) in [6.07, 6.45) is 1.41. The molecule has 1 N–H and O–H groups in total. The van der Waals surface area contributed by atoms with Crippen LogP contribution < -0.4 is 4.90 Å². The van der Waals surface area contributed by atoms with E-state index in [-0.39, 0.29) is 5.76 Å². The van der Waals surface area contributed by atoms with E-state index in [9.17, 15) is 4.79 Å². The fourth-order valence-electron chi connectivity index (χ4n) is 2.17. The van der Waals surface area contributed by atoms with Crippen molar-refractivity contribution >= 4 is 11.7 Å². The van der Waals surface area contributed by atoms with Crippen LogP contribution in [0.5, 0.6) is 0 Å². The number of hydrogen-bond donors (Lipinski definition) is 1. The van der Waals surface area contributed by atoms with E-state index in [1.807, 2.05) is 25.8 Å². The molecule has 2 rings (SSSR count). The third-order valence-electron chi connectivity index (χ3n) is 3.00. The van der Waals surface area contributed by atoms with E-state index >= 15 is 0 Å². The first-order chi connectivity index (χ1) is 8.97. The van der Waals surface area contributed by atoms with E-state index in [1.165, 1.54) is 17.4 Å². The van der Waals surface area contributed by atoms with Gasteiger partial charge in [0, 0.05) is 24.8 Å². The van der Waals surface area contributed by atoms with Gasteiger partial charge in [-0.05, 0) is 43.2 Å². The Morgan fingerprint density at radius 2 is 1.89 bits per heavy atom. The summed E-state index contributed by atoms with van der Waals surface area (Å²) in [6.45, 7) is 4.59. The van der Waals surface area contributed by atoms with Crippen molar-refractivity contribution in [2.75, 3.05) is 11.9 Å². The third kappa shape index (κ3) is 2.96. The maximum absolute atomic E-state index is 11.0. The molecule has 0 fully saturated rings. The molecule has 0 spiro atoms. The Morgan fingerprint density at radius 1 is 1.26 bits per heavy atom. The molecular weight excluding hydrogens is 242 g/mol. The second kappa shape index (κ2) is 5.18. The van der Waals surface area contributed by atoms with Gasteiger partial charge in [0.2, 0.25) is 5.76 Å². The molecule has 1 aromatic heterocycles. The number of carbonyl (C=O) groups is 1. The third-order valence-corrected chi connectivity index (χ3v) is 3.00. The zero-order valence-electron chi connectivity index (χ0n) is 11.3. The lowest BCUT2D eigenvalue weighted by Crippen LogP contribution is -2.17. The number of aryl methyl sites for hydroxylation is 2. The number of nitrogens with zero attached hydrogens (tertiary/aromatic N) is 1. The number of anilines is 1. The van der Waals surface area contributed by atoms with E-state index in [1.54, 1.807) is 6.07 Å². The normalized spacial score (nSPS) is 10.5. The minimum absolute atomic E-state index is 0.0104. The molecule has 0 aliphatic carbocycles. The first-order valence-corrected chi connectivity index (χ1v) is 6.06. The molecule has 0 atom stereocenters. The summed E-state index contributed by atoms with van der Waals surface area (Å²) in [5, 5.41) is 9.01. The molecule has 0 radical (unpaired) electrons. The highest BCUT2D eigenvalue weighted by atomic mass is 16.4. The van der Waals surface area contributed by atoms with Crippen LogP contribution in [0, 0.1) is 13.8 Å². The Bertz CT molecular complexity index is 581. The van der Waals surface area contributed by atoms with E-state index in [4.69, 9.17) is 9.52 Å². The lowest BCUT2D eigenvalue weighted by molar-refractivity contribution is 0.0661. The average molecular weight is 259 g/mol. The van der Waals surface area contributed by atoms with Gasteiger partial charge in [-0.1, -0.05) is 6.07 Å². The Morgan fingerprint density at radius 3 is 2.47 bits per heavy atom. The van der Waals surface area contributed by atoms with Gasteiger partial charge in [-0.15, -0.1) is 0 Å². The largest absolute Gasteiger partial charge is 0.475 e. The van der Waals surface area contributed by atoms with Crippen molar-refractivity contribution in [3.8, 4) is 0 Å². The molecule has 100 valence electrons. The van der Waals surface area contributed by atoms with E-state index in [0.29, 0.717) is 12.1 Å².